The number of nitrogens with one attached hydrogen (secondary N) is 1. The summed E-state index contributed by atoms with van der Waals surface area (Å²) in [5.41, 5.74) is 4.94. The summed E-state index contributed by atoms with van der Waals surface area (Å²) in [6.07, 6.45) is 1.76. The van der Waals surface area contributed by atoms with Crippen molar-refractivity contribution >= 4 is 34.0 Å². The van der Waals surface area contributed by atoms with Gasteiger partial charge in [0.2, 0.25) is 5.13 Å². The van der Waals surface area contributed by atoms with Gasteiger partial charge >= 0.3 is 0 Å². The van der Waals surface area contributed by atoms with Crippen LogP contribution in [0.4, 0.5) is 5.13 Å². The Hall–Kier alpha value is -2.18. The van der Waals surface area contributed by atoms with E-state index in [1.165, 1.54) is 16.2 Å². The number of anilines is 1. The van der Waals surface area contributed by atoms with Gasteiger partial charge in [0.25, 0.3) is 0 Å². The highest BCUT2D eigenvalue weighted by molar-refractivity contribution is 7.15. The largest absolute Gasteiger partial charge is 0.497 e. The zero-order chi connectivity index (χ0) is 14.5. The first-order valence-corrected chi connectivity index (χ1v) is 8.03. The molecule has 3 rings (SSSR count). The van der Waals surface area contributed by atoms with Crippen LogP contribution in [0.1, 0.15) is 5.56 Å². The van der Waals surface area contributed by atoms with Crippen LogP contribution in [0.5, 0.6) is 5.75 Å². The van der Waals surface area contributed by atoms with Crippen molar-refractivity contribution < 1.29 is 4.74 Å². The molecular weight excluding hydrogens is 302 g/mol. The maximum atomic E-state index is 5.11. The van der Waals surface area contributed by atoms with Crippen molar-refractivity contribution in [3.05, 3.63) is 52.7 Å². The molecule has 0 spiro atoms. The number of thiophene rings is 1. The van der Waals surface area contributed by atoms with E-state index in [4.69, 9.17) is 4.74 Å². The van der Waals surface area contributed by atoms with E-state index in [2.05, 4.69) is 21.6 Å². The summed E-state index contributed by atoms with van der Waals surface area (Å²) >= 11 is 3.22. The van der Waals surface area contributed by atoms with Gasteiger partial charge in [-0.15, -0.1) is 22.7 Å². The van der Waals surface area contributed by atoms with Crippen LogP contribution < -0.4 is 10.2 Å². The highest BCUT2D eigenvalue weighted by atomic mass is 32.1. The summed E-state index contributed by atoms with van der Waals surface area (Å²) in [6, 6.07) is 11.8. The SMILES string of the molecule is COc1ccc(/C=N\Nc2nc(-c3cccs3)cs2)cc1. The second-order valence-corrected chi connectivity index (χ2v) is 5.96. The predicted octanol–water partition coefficient (Wildman–Crippen LogP) is 4.33. The van der Waals surface area contributed by atoms with E-state index < -0.39 is 0 Å². The van der Waals surface area contributed by atoms with Crippen LogP contribution in [0.15, 0.2) is 52.3 Å². The third kappa shape index (κ3) is 3.48. The molecule has 0 unspecified atom stereocenters. The molecule has 4 nitrogen and oxygen atoms in total. The number of benzene rings is 1. The van der Waals surface area contributed by atoms with Gasteiger partial charge in [0.05, 0.1) is 23.9 Å². The Morgan fingerprint density at radius 1 is 1.19 bits per heavy atom. The minimum absolute atomic E-state index is 0.781. The van der Waals surface area contributed by atoms with Crippen LogP contribution in [0.3, 0.4) is 0 Å². The number of hydrazone groups is 1. The number of hydrogen-bond acceptors (Lipinski definition) is 6. The smallest absolute Gasteiger partial charge is 0.203 e. The molecule has 6 heteroatoms. The van der Waals surface area contributed by atoms with Gasteiger partial charge in [-0.3, -0.25) is 5.43 Å². The molecule has 0 aliphatic carbocycles. The first-order valence-electron chi connectivity index (χ1n) is 6.28. The van der Waals surface area contributed by atoms with Crippen LogP contribution in [0.2, 0.25) is 0 Å². The molecule has 3 aromatic rings. The lowest BCUT2D eigenvalue weighted by Gasteiger charge is -1.98. The van der Waals surface area contributed by atoms with E-state index in [0.717, 1.165) is 22.1 Å². The number of aromatic nitrogens is 1. The average Bonchev–Trinajstić information content (AvgIpc) is 3.19. The second-order valence-electron chi connectivity index (χ2n) is 4.16. The fourth-order valence-corrected chi connectivity index (χ4v) is 3.13. The van der Waals surface area contributed by atoms with E-state index in [1.807, 2.05) is 41.1 Å². The summed E-state index contributed by atoms with van der Waals surface area (Å²) in [7, 11) is 1.65. The molecule has 0 saturated heterocycles. The number of rotatable bonds is 5. The number of thiazole rings is 1. The normalized spacial score (nSPS) is 10.9. The highest BCUT2D eigenvalue weighted by Crippen LogP contribution is 2.28. The zero-order valence-electron chi connectivity index (χ0n) is 11.3. The van der Waals surface area contributed by atoms with Crippen LogP contribution in [0, 0.1) is 0 Å². The van der Waals surface area contributed by atoms with Crippen LogP contribution in [-0.2, 0) is 0 Å². The highest BCUT2D eigenvalue weighted by Gasteiger charge is 2.04. The number of methoxy groups -OCH3 is 1. The molecule has 0 aliphatic heterocycles. The third-order valence-electron chi connectivity index (χ3n) is 2.77. The van der Waals surface area contributed by atoms with E-state index in [-0.39, 0.29) is 0 Å². The Labute approximate surface area is 130 Å². The molecule has 0 bridgehead atoms. The summed E-state index contributed by atoms with van der Waals surface area (Å²) in [5.74, 6) is 0.834. The number of hydrogen-bond donors (Lipinski definition) is 1. The molecule has 2 aromatic heterocycles. The Morgan fingerprint density at radius 2 is 2.05 bits per heavy atom. The van der Waals surface area contributed by atoms with Crippen molar-refractivity contribution in [2.75, 3.05) is 12.5 Å². The lowest BCUT2D eigenvalue weighted by Crippen LogP contribution is -1.90. The van der Waals surface area contributed by atoms with Crippen LogP contribution in [0.25, 0.3) is 10.6 Å². The quantitative estimate of drug-likeness (QED) is 0.563. The van der Waals surface area contributed by atoms with Crippen molar-refractivity contribution in [2.45, 2.75) is 0 Å². The molecular formula is C15H13N3OS2. The molecule has 1 aromatic carbocycles. The molecule has 0 radical (unpaired) electrons. The van der Waals surface area contributed by atoms with Gasteiger partial charge in [-0.1, -0.05) is 6.07 Å². The molecule has 1 N–H and O–H groups in total. The standard InChI is InChI=1S/C15H13N3OS2/c1-19-12-6-4-11(5-7-12)9-16-18-15-17-13(10-21-15)14-3-2-8-20-14/h2-10H,1H3,(H,17,18)/b16-9-. The zero-order valence-corrected chi connectivity index (χ0v) is 12.9. The van der Waals surface area contributed by atoms with Crippen molar-refractivity contribution in [1.29, 1.82) is 0 Å². The van der Waals surface area contributed by atoms with Gasteiger partial charge in [0, 0.05) is 5.38 Å². The lowest BCUT2D eigenvalue weighted by atomic mass is 10.2. The fraction of sp³-hybridized carbons (Fsp3) is 0.0667. The summed E-state index contributed by atoms with van der Waals surface area (Å²) in [6.45, 7) is 0. The molecule has 21 heavy (non-hydrogen) atoms. The molecule has 106 valence electrons. The minimum atomic E-state index is 0.781. The monoisotopic (exact) mass is 315 g/mol. The van der Waals surface area contributed by atoms with Gasteiger partial charge in [-0.2, -0.15) is 5.10 Å². The third-order valence-corrected chi connectivity index (χ3v) is 4.41. The van der Waals surface area contributed by atoms with Crippen molar-refractivity contribution in [1.82, 2.24) is 4.98 Å². The molecule has 0 aliphatic rings. The van der Waals surface area contributed by atoms with Crippen molar-refractivity contribution in [3.8, 4) is 16.3 Å². The summed E-state index contributed by atoms with van der Waals surface area (Å²) in [5, 5.41) is 9.05. The first kappa shape index (κ1) is 13.8. The van der Waals surface area contributed by atoms with Gasteiger partial charge < -0.3 is 4.74 Å². The van der Waals surface area contributed by atoms with E-state index >= 15 is 0 Å². The van der Waals surface area contributed by atoms with Gasteiger partial charge in [-0.05, 0) is 41.3 Å². The van der Waals surface area contributed by atoms with Gasteiger partial charge in [-0.25, -0.2) is 4.98 Å². The van der Waals surface area contributed by atoms with Crippen LogP contribution >= 0.6 is 22.7 Å². The average molecular weight is 315 g/mol. The van der Waals surface area contributed by atoms with Gasteiger partial charge in [0.1, 0.15) is 5.75 Å². The molecule has 0 atom stereocenters. The Bertz CT molecular complexity index is 718. The Morgan fingerprint density at radius 3 is 2.76 bits per heavy atom. The van der Waals surface area contributed by atoms with Crippen molar-refractivity contribution in [3.63, 3.8) is 0 Å². The molecule has 0 fully saturated rings. The van der Waals surface area contributed by atoms with Gasteiger partial charge in [0.15, 0.2) is 0 Å². The van der Waals surface area contributed by atoms with E-state index in [0.29, 0.717) is 0 Å². The Kier molecular flexibility index (Phi) is 4.28. The lowest BCUT2D eigenvalue weighted by molar-refractivity contribution is 0.415. The van der Waals surface area contributed by atoms with Crippen molar-refractivity contribution in [2.24, 2.45) is 5.10 Å². The van der Waals surface area contributed by atoms with E-state index in [9.17, 15) is 0 Å². The molecule has 2 heterocycles. The summed E-state index contributed by atoms with van der Waals surface area (Å²) < 4.78 is 5.11. The minimum Gasteiger partial charge on any atom is -0.497 e. The molecule has 0 amide bonds. The molecule has 0 saturated carbocycles. The Balaban J connectivity index is 1.63. The van der Waals surface area contributed by atoms with E-state index in [1.54, 1.807) is 24.7 Å². The number of nitrogens with zero attached hydrogens (tertiary/aromatic N) is 2. The van der Waals surface area contributed by atoms with Crippen LogP contribution in [-0.4, -0.2) is 18.3 Å². The first-order chi connectivity index (χ1) is 10.3. The maximum absolute atomic E-state index is 5.11. The topological polar surface area (TPSA) is 46.5 Å². The summed E-state index contributed by atoms with van der Waals surface area (Å²) in [4.78, 5) is 5.66. The second kappa shape index (κ2) is 6.51. The maximum Gasteiger partial charge on any atom is 0.203 e. The number of ether oxygens (including phenoxy) is 1. The predicted molar refractivity (Wildman–Crippen MR) is 89.6 cm³/mol. The fourth-order valence-electron chi connectivity index (χ4n) is 1.71.